The van der Waals surface area contributed by atoms with Gasteiger partial charge in [-0.1, -0.05) is 72.3 Å². The molecule has 3 aromatic carbocycles. The summed E-state index contributed by atoms with van der Waals surface area (Å²) in [6.45, 7) is 5.96. The number of nitrogens with one attached hydrogen (secondary N) is 1. The molecule has 0 heterocycles. The average Bonchev–Trinajstić information content (AvgIpc) is 2.90. The summed E-state index contributed by atoms with van der Waals surface area (Å²) in [7, 11) is -3.88. The monoisotopic (exact) mass is 551 g/mol. The summed E-state index contributed by atoms with van der Waals surface area (Å²) in [5.41, 5.74) is 3.01. The van der Waals surface area contributed by atoms with Crippen molar-refractivity contribution in [3.8, 4) is 5.75 Å². The number of hydrogen-bond donors (Lipinski definition) is 1. The van der Waals surface area contributed by atoms with Crippen LogP contribution in [0.3, 0.4) is 0 Å². The highest BCUT2D eigenvalue weighted by atomic mass is 32.2. The smallest absolute Gasteiger partial charge is 0.244 e. The van der Waals surface area contributed by atoms with Crippen molar-refractivity contribution >= 4 is 27.5 Å². The van der Waals surface area contributed by atoms with E-state index in [0.717, 1.165) is 27.3 Å². The zero-order valence-electron chi connectivity index (χ0n) is 23.0. The van der Waals surface area contributed by atoms with Gasteiger partial charge in [-0.2, -0.15) is 0 Å². The number of para-hydroxylation sites is 2. The van der Waals surface area contributed by atoms with Gasteiger partial charge in [-0.15, -0.1) is 0 Å². The first-order valence-electron chi connectivity index (χ1n) is 13.0. The van der Waals surface area contributed by atoms with Crippen LogP contribution in [0, 0.1) is 6.92 Å². The summed E-state index contributed by atoms with van der Waals surface area (Å²) in [6.07, 6.45) is 1.33. The van der Waals surface area contributed by atoms with Crippen LogP contribution < -0.4 is 14.4 Å². The molecule has 0 aliphatic heterocycles. The summed E-state index contributed by atoms with van der Waals surface area (Å²) < 4.78 is 32.6. The van der Waals surface area contributed by atoms with Gasteiger partial charge in [0.15, 0.2) is 0 Å². The fourth-order valence-corrected chi connectivity index (χ4v) is 5.24. The molecule has 3 aromatic rings. The highest BCUT2D eigenvalue weighted by Gasteiger charge is 2.33. The Morgan fingerprint density at radius 2 is 1.59 bits per heavy atom. The minimum absolute atomic E-state index is 0.139. The number of carbonyl (C=O) groups excluding carboxylic acids is 2. The molecule has 0 spiro atoms. The fraction of sp³-hybridized carbons (Fsp3) is 0.333. The molecule has 0 bridgehead atoms. The Labute approximate surface area is 231 Å². The number of aryl methyl sites for hydroxylation is 1. The van der Waals surface area contributed by atoms with Gasteiger partial charge in [0.1, 0.15) is 18.3 Å². The third-order valence-corrected chi connectivity index (χ3v) is 7.30. The molecular weight excluding hydrogens is 514 g/mol. The Balaban J connectivity index is 2.06. The Morgan fingerprint density at radius 1 is 0.923 bits per heavy atom. The van der Waals surface area contributed by atoms with Crippen LogP contribution in [-0.2, 0) is 32.6 Å². The van der Waals surface area contributed by atoms with Crippen LogP contribution in [0.15, 0.2) is 78.9 Å². The first-order chi connectivity index (χ1) is 18.6. The lowest BCUT2D eigenvalue weighted by molar-refractivity contribution is -0.140. The van der Waals surface area contributed by atoms with E-state index in [9.17, 15) is 18.0 Å². The summed E-state index contributed by atoms with van der Waals surface area (Å²) in [5, 5.41) is 2.85. The molecule has 2 amide bonds. The normalized spacial score (nSPS) is 11.9. The van der Waals surface area contributed by atoms with E-state index >= 15 is 0 Å². The zero-order chi connectivity index (χ0) is 28.4. The molecule has 0 saturated carbocycles. The SMILES string of the molecule is CCNC(=O)[C@H](Cc1ccccc1)N(Cc1cccc(C)c1)C(=O)CN(c1ccccc1OCC)S(C)(=O)=O. The molecule has 0 radical (unpaired) electrons. The van der Waals surface area contributed by atoms with E-state index < -0.39 is 28.5 Å². The number of hydrogen-bond acceptors (Lipinski definition) is 5. The lowest BCUT2D eigenvalue weighted by Crippen LogP contribution is -2.53. The van der Waals surface area contributed by atoms with Gasteiger partial charge >= 0.3 is 0 Å². The largest absolute Gasteiger partial charge is 0.492 e. The third-order valence-electron chi connectivity index (χ3n) is 6.17. The van der Waals surface area contributed by atoms with Crippen LogP contribution in [0.1, 0.15) is 30.5 Å². The van der Waals surface area contributed by atoms with Crippen molar-refractivity contribution in [2.45, 2.75) is 39.8 Å². The van der Waals surface area contributed by atoms with E-state index in [1.54, 1.807) is 31.2 Å². The van der Waals surface area contributed by atoms with Crippen molar-refractivity contribution in [2.24, 2.45) is 0 Å². The average molecular weight is 552 g/mol. The highest BCUT2D eigenvalue weighted by molar-refractivity contribution is 7.92. The van der Waals surface area contributed by atoms with Gasteiger partial charge in [0.05, 0.1) is 18.6 Å². The van der Waals surface area contributed by atoms with E-state index in [1.165, 1.54) is 4.90 Å². The maximum Gasteiger partial charge on any atom is 0.244 e. The number of ether oxygens (including phenoxy) is 1. The van der Waals surface area contributed by atoms with Gasteiger partial charge in [-0.3, -0.25) is 13.9 Å². The Kier molecular flexibility index (Phi) is 10.5. The molecule has 0 fully saturated rings. The quantitative estimate of drug-likeness (QED) is 0.347. The van der Waals surface area contributed by atoms with E-state index in [-0.39, 0.29) is 24.6 Å². The zero-order valence-corrected chi connectivity index (χ0v) is 23.8. The predicted molar refractivity (Wildman–Crippen MR) is 154 cm³/mol. The Bertz CT molecular complexity index is 1360. The standard InChI is InChI=1S/C30H37N3O5S/c1-5-31-30(35)27(20-24-14-8-7-9-15-24)32(21-25-16-12-13-23(3)19-25)29(34)22-33(39(4,36)37)26-17-10-11-18-28(26)38-6-2/h7-19,27H,5-6,20-22H2,1-4H3,(H,31,35)/t27-/m0/s1. The minimum atomic E-state index is -3.88. The maximum atomic E-state index is 14.1. The summed E-state index contributed by atoms with van der Waals surface area (Å²) in [5.74, 6) is -0.448. The second-order valence-electron chi connectivity index (χ2n) is 9.28. The van der Waals surface area contributed by atoms with Crippen LogP contribution in [0.2, 0.25) is 0 Å². The number of carbonyl (C=O) groups is 2. The molecule has 0 aliphatic rings. The van der Waals surface area contributed by atoms with Crippen molar-refractivity contribution < 1.29 is 22.7 Å². The number of amides is 2. The van der Waals surface area contributed by atoms with Crippen molar-refractivity contribution in [1.82, 2.24) is 10.2 Å². The summed E-state index contributed by atoms with van der Waals surface area (Å²) in [6, 6.07) is 23.0. The summed E-state index contributed by atoms with van der Waals surface area (Å²) >= 11 is 0. The molecule has 1 atom stereocenters. The predicted octanol–water partition coefficient (Wildman–Crippen LogP) is 3.94. The molecule has 3 rings (SSSR count). The molecule has 0 aromatic heterocycles. The number of anilines is 1. The molecule has 8 nitrogen and oxygen atoms in total. The van der Waals surface area contributed by atoms with Gasteiger partial charge < -0.3 is 15.0 Å². The number of sulfonamides is 1. The minimum Gasteiger partial charge on any atom is -0.492 e. The van der Waals surface area contributed by atoms with Gasteiger partial charge in [-0.05, 0) is 44.0 Å². The maximum absolute atomic E-state index is 14.1. The number of rotatable bonds is 13. The lowest BCUT2D eigenvalue weighted by Gasteiger charge is -2.33. The molecule has 0 aliphatic carbocycles. The first-order valence-corrected chi connectivity index (χ1v) is 14.8. The van der Waals surface area contributed by atoms with Gasteiger partial charge in [0.25, 0.3) is 0 Å². The summed E-state index contributed by atoms with van der Waals surface area (Å²) in [4.78, 5) is 28.9. The lowest BCUT2D eigenvalue weighted by atomic mass is 10.0. The van der Waals surface area contributed by atoms with Gasteiger partial charge in [0, 0.05) is 19.5 Å². The molecule has 1 N–H and O–H groups in total. The number of nitrogens with zero attached hydrogens (tertiary/aromatic N) is 2. The Hall–Kier alpha value is -3.85. The number of benzene rings is 3. The molecular formula is C30H37N3O5S. The van der Waals surface area contributed by atoms with Crippen LogP contribution in [0.5, 0.6) is 5.75 Å². The van der Waals surface area contributed by atoms with Crippen LogP contribution >= 0.6 is 0 Å². The van der Waals surface area contributed by atoms with Crippen molar-refractivity contribution in [1.29, 1.82) is 0 Å². The van der Waals surface area contributed by atoms with Gasteiger partial charge in [0.2, 0.25) is 21.8 Å². The van der Waals surface area contributed by atoms with E-state index in [1.807, 2.05) is 68.4 Å². The molecule has 0 unspecified atom stereocenters. The van der Waals surface area contributed by atoms with Gasteiger partial charge in [-0.25, -0.2) is 8.42 Å². The van der Waals surface area contributed by atoms with E-state index in [4.69, 9.17) is 4.74 Å². The first kappa shape index (κ1) is 29.7. The van der Waals surface area contributed by atoms with Crippen molar-refractivity contribution in [3.63, 3.8) is 0 Å². The van der Waals surface area contributed by atoms with Crippen LogP contribution in [0.4, 0.5) is 5.69 Å². The Morgan fingerprint density at radius 3 is 2.23 bits per heavy atom. The second kappa shape index (κ2) is 13.8. The van der Waals surface area contributed by atoms with Crippen LogP contribution in [-0.4, -0.2) is 57.1 Å². The molecule has 39 heavy (non-hydrogen) atoms. The van der Waals surface area contributed by atoms with Crippen LogP contribution in [0.25, 0.3) is 0 Å². The topological polar surface area (TPSA) is 96.0 Å². The van der Waals surface area contributed by atoms with E-state index in [0.29, 0.717) is 18.9 Å². The highest BCUT2D eigenvalue weighted by Crippen LogP contribution is 2.30. The third kappa shape index (κ3) is 8.32. The van der Waals surface area contributed by atoms with E-state index in [2.05, 4.69) is 5.32 Å². The number of likely N-dealkylation sites (N-methyl/N-ethyl adjacent to an activating group) is 1. The molecule has 9 heteroatoms. The molecule has 208 valence electrons. The van der Waals surface area contributed by atoms with Crippen molar-refractivity contribution in [3.05, 3.63) is 95.6 Å². The molecule has 0 saturated heterocycles. The second-order valence-corrected chi connectivity index (χ2v) is 11.2. The van der Waals surface area contributed by atoms with Crippen molar-refractivity contribution in [2.75, 3.05) is 30.3 Å². The fourth-order valence-electron chi connectivity index (χ4n) is 4.39.